The Morgan fingerprint density at radius 1 is 1.07 bits per heavy atom. The third-order valence-corrected chi connectivity index (χ3v) is 1.01. The molecule has 0 radical (unpaired) electrons. The third-order valence-electron chi connectivity index (χ3n) is 1.01. The molecule has 1 aromatic heterocycles. The van der Waals surface area contributed by atoms with E-state index < -0.39 is 17.7 Å². The predicted molar refractivity (Wildman–Crippen MR) is 45.6 cm³/mol. The largest absolute Gasteiger partial charge is 0.459 e. The van der Waals surface area contributed by atoms with Crippen molar-refractivity contribution in [2.75, 3.05) is 0 Å². The Hall–Kier alpha value is -2.31. The first kappa shape index (κ1) is 11.7. The highest BCUT2D eigenvalue weighted by atomic mass is 16.3. The van der Waals surface area contributed by atoms with E-state index in [4.69, 9.17) is 5.73 Å². The summed E-state index contributed by atoms with van der Waals surface area (Å²) in [5, 5.41) is 0. The van der Waals surface area contributed by atoms with E-state index in [9.17, 15) is 14.4 Å². The van der Waals surface area contributed by atoms with Crippen molar-refractivity contribution in [3.8, 4) is 0 Å². The second-order valence-electron chi connectivity index (χ2n) is 2.07. The monoisotopic (exact) mass is 199 g/mol. The summed E-state index contributed by atoms with van der Waals surface area (Å²) >= 11 is 0. The molecular formula is C7H9N3O4. The summed E-state index contributed by atoms with van der Waals surface area (Å²) in [7, 11) is 0. The van der Waals surface area contributed by atoms with Gasteiger partial charge in [-0.1, -0.05) is 0 Å². The van der Waals surface area contributed by atoms with Crippen LogP contribution in [-0.2, 0) is 9.59 Å². The molecule has 1 rings (SSSR count). The van der Waals surface area contributed by atoms with Gasteiger partial charge in [0.05, 0.1) is 6.26 Å². The highest BCUT2D eigenvalue weighted by Crippen LogP contribution is 1.96. The van der Waals surface area contributed by atoms with E-state index in [2.05, 4.69) is 15.9 Å². The molecule has 0 fully saturated rings. The first-order valence-electron chi connectivity index (χ1n) is 3.37. The SMILES string of the molecule is NC(=O)C(N)=O.NC(=O)c1ccco1. The quantitative estimate of drug-likeness (QED) is 0.465. The lowest BCUT2D eigenvalue weighted by atomic mass is 10.4. The lowest BCUT2D eigenvalue weighted by Gasteiger charge is -1.80. The van der Waals surface area contributed by atoms with Gasteiger partial charge in [0.1, 0.15) is 0 Å². The van der Waals surface area contributed by atoms with Gasteiger partial charge in [0.25, 0.3) is 5.91 Å². The summed E-state index contributed by atoms with van der Waals surface area (Å²) < 4.78 is 4.62. The lowest BCUT2D eigenvalue weighted by Crippen LogP contribution is -2.29. The summed E-state index contributed by atoms with van der Waals surface area (Å²) in [6.07, 6.45) is 1.40. The van der Waals surface area contributed by atoms with Crippen LogP contribution in [0.2, 0.25) is 0 Å². The minimum atomic E-state index is -1.10. The van der Waals surface area contributed by atoms with Crippen LogP contribution in [0.1, 0.15) is 10.6 Å². The van der Waals surface area contributed by atoms with Crippen LogP contribution in [0, 0.1) is 0 Å². The number of hydrogen-bond donors (Lipinski definition) is 3. The number of furan rings is 1. The molecule has 1 heterocycles. The van der Waals surface area contributed by atoms with E-state index >= 15 is 0 Å². The average molecular weight is 199 g/mol. The number of carbonyl (C=O) groups excluding carboxylic acids is 3. The van der Waals surface area contributed by atoms with E-state index in [0.29, 0.717) is 0 Å². The zero-order valence-corrected chi connectivity index (χ0v) is 7.10. The van der Waals surface area contributed by atoms with Gasteiger partial charge in [-0.25, -0.2) is 0 Å². The van der Waals surface area contributed by atoms with Crippen LogP contribution in [0.3, 0.4) is 0 Å². The highest BCUT2D eigenvalue weighted by Gasteiger charge is 1.98. The van der Waals surface area contributed by atoms with Gasteiger partial charge in [0, 0.05) is 0 Å². The van der Waals surface area contributed by atoms with Crippen LogP contribution >= 0.6 is 0 Å². The summed E-state index contributed by atoms with van der Waals surface area (Å²) in [5.41, 5.74) is 13.5. The number of nitrogens with two attached hydrogens (primary N) is 3. The molecular weight excluding hydrogens is 190 g/mol. The van der Waals surface area contributed by atoms with Gasteiger partial charge in [-0.2, -0.15) is 0 Å². The highest BCUT2D eigenvalue weighted by molar-refractivity contribution is 6.33. The number of hydrogen-bond acceptors (Lipinski definition) is 4. The molecule has 14 heavy (non-hydrogen) atoms. The summed E-state index contributed by atoms with van der Waals surface area (Å²) in [5.74, 6) is -2.54. The maximum Gasteiger partial charge on any atom is 0.306 e. The Balaban J connectivity index is 0.000000255. The van der Waals surface area contributed by atoms with Crippen molar-refractivity contribution in [1.29, 1.82) is 0 Å². The molecule has 0 bridgehead atoms. The normalized spacial score (nSPS) is 8.29. The van der Waals surface area contributed by atoms with E-state index in [1.165, 1.54) is 12.3 Å². The molecule has 0 aromatic carbocycles. The molecule has 0 aliphatic rings. The van der Waals surface area contributed by atoms with Crippen molar-refractivity contribution >= 4 is 17.7 Å². The first-order valence-corrected chi connectivity index (χ1v) is 3.37. The fourth-order valence-corrected chi connectivity index (χ4v) is 0.419. The second kappa shape index (κ2) is 5.36. The maximum atomic E-state index is 10.2. The van der Waals surface area contributed by atoms with Gasteiger partial charge in [0.2, 0.25) is 0 Å². The van der Waals surface area contributed by atoms with Crippen molar-refractivity contribution in [2.45, 2.75) is 0 Å². The van der Waals surface area contributed by atoms with Gasteiger partial charge >= 0.3 is 11.8 Å². The van der Waals surface area contributed by atoms with Crippen molar-refractivity contribution < 1.29 is 18.8 Å². The van der Waals surface area contributed by atoms with Crippen LogP contribution in [-0.4, -0.2) is 17.7 Å². The van der Waals surface area contributed by atoms with Crippen LogP contribution in [0.15, 0.2) is 22.8 Å². The zero-order chi connectivity index (χ0) is 11.1. The Labute approximate surface area is 78.8 Å². The molecule has 0 unspecified atom stereocenters. The maximum absolute atomic E-state index is 10.2. The average Bonchev–Trinajstić information content (AvgIpc) is 2.56. The predicted octanol–water partition coefficient (Wildman–Crippen LogP) is -1.66. The smallest absolute Gasteiger partial charge is 0.306 e. The molecule has 0 saturated heterocycles. The van der Waals surface area contributed by atoms with Crippen molar-refractivity contribution in [2.24, 2.45) is 17.2 Å². The van der Waals surface area contributed by atoms with Crippen LogP contribution in [0.25, 0.3) is 0 Å². The number of primary amides is 3. The molecule has 0 spiro atoms. The molecule has 7 nitrogen and oxygen atoms in total. The Morgan fingerprint density at radius 3 is 1.71 bits per heavy atom. The number of rotatable bonds is 1. The van der Waals surface area contributed by atoms with Crippen LogP contribution in [0.4, 0.5) is 0 Å². The minimum Gasteiger partial charge on any atom is -0.459 e. The summed E-state index contributed by atoms with van der Waals surface area (Å²) in [6.45, 7) is 0. The molecule has 0 aliphatic carbocycles. The zero-order valence-electron chi connectivity index (χ0n) is 7.10. The van der Waals surface area contributed by atoms with Gasteiger partial charge in [0.15, 0.2) is 5.76 Å². The topological polar surface area (TPSA) is 142 Å². The van der Waals surface area contributed by atoms with Crippen molar-refractivity contribution in [1.82, 2.24) is 0 Å². The fraction of sp³-hybridized carbons (Fsp3) is 0. The molecule has 3 amide bonds. The first-order chi connectivity index (χ1) is 6.45. The lowest BCUT2D eigenvalue weighted by molar-refractivity contribution is -0.135. The molecule has 76 valence electrons. The van der Waals surface area contributed by atoms with Gasteiger partial charge in [-0.15, -0.1) is 0 Å². The Bertz CT molecular complexity index is 319. The number of amides is 3. The Kier molecular flexibility index (Phi) is 4.47. The van der Waals surface area contributed by atoms with E-state index in [0.717, 1.165) is 0 Å². The van der Waals surface area contributed by atoms with Crippen LogP contribution < -0.4 is 17.2 Å². The summed E-state index contributed by atoms with van der Waals surface area (Å²) in [6, 6.07) is 3.13. The molecule has 6 N–H and O–H groups in total. The van der Waals surface area contributed by atoms with E-state index in [-0.39, 0.29) is 5.76 Å². The van der Waals surface area contributed by atoms with E-state index in [1.54, 1.807) is 6.07 Å². The molecule has 7 heteroatoms. The number of carbonyl (C=O) groups is 3. The van der Waals surface area contributed by atoms with Gasteiger partial charge < -0.3 is 21.6 Å². The molecule has 0 saturated carbocycles. The minimum absolute atomic E-state index is 0.199. The van der Waals surface area contributed by atoms with Crippen molar-refractivity contribution in [3.05, 3.63) is 24.2 Å². The standard InChI is InChI=1S/C5H5NO2.C2H4N2O2/c6-5(7)4-2-1-3-8-4;3-1(5)2(4)6/h1-3H,(H2,6,7);(H2,3,5)(H2,4,6). The Morgan fingerprint density at radius 2 is 1.57 bits per heavy atom. The second-order valence-corrected chi connectivity index (χ2v) is 2.07. The van der Waals surface area contributed by atoms with Crippen molar-refractivity contribution in [3.63, 3.8) is 0 Å². The van der Waals surface area contributed by atoms with Gasteiger partial charge in [-0.3, -0.25) is 14.4 Å². The third kappa shape index (κ3) is 4.54. The van der Waals surface area contributed by atoms with E-state index in [1.807, 2.05) is 0 Å². The molecule has 1 aromatic rings. The fourth-order valence-electron chi connectivity index (χ4n) is 0.419. The molecule has 0 atom stereocenters. The molecule has 0 aliphatic heterocycles. The van der Waals surface area contributed by atoms with Crippen LogP contribution in [0.5, 0.6) is 0 Å². The van der Waals surface area contributed by atoms with Gasteiger partial charge in [-0.05, 0) is 12.1 Å². The summed E-state index contributed by atoms with van der Waals surface area (Å²) in [4.78, 5) is 29.1.